The number of halogens is 2. The Labute approximate surface area is 122 Å². The molecule has 0 atom stereocenters. The highest BCUT2D eigenvalue weighted by Crippen LogP contribution is 2.37. The van der Waals surface area contributed by atoms with E-state index in [1.165, 1.54) is 0 Å². The van der Waals surface area contributed by atoms with E-state index in [2.05, 4.69) is 4.98 Å². The molecular weight excluding hydrogens is 283 g/mol. The van der Waals surface area contributed by atoms with Crippen molar-refractivity contribution in [2.45, 2.75) is 19.8 Å². The van der Waals surface area contributed by atoms with Crippen LogP contribution in [0.15, 0.2) is 18.2 Å². The van der Waals surface area contributed by atoms with Gasteiger partial charge >= 0.3 is 0 Å². The summed E-state index contributed by atoms with van der Waals surface area (Å²) in [7, 11) is 0. The molecule has 0 unspecified atom stereocenters. The number of benzene rings is 1. The van der Waals surface area contributed by atoms with E-state index in [0.29, 0.717) is 34.5 Å². The van der Waals surface area contributed by atoms with Gasteiger partial charge in [0.2, 0.25) is 0 Å². The Hall–Kier alpha value is -1.03. The molecule has 0 amide bonds. The van der Waals surface area contributed by atoms with Crippen LogP contribution in [0.2, 0.25) is 10.0 Å². The number of pyridine rings is 1. The van der Waals surface area contributed by atoms with E-state index in [4.69, 9.17) is 33.7 Å². The SMILES string of the molecule is Cc1ccc2c(Cl)cc(Cl)c(OCCCCN)c2n1. The van der Waals surface area contributed by atoms with Crippen LogP contribution >= 0.6 is 23.2 Å². The summed E-state index contributed by atoms with van der Waals surface area (Å²) in [5, 5.41) is 1.93. The molecule has 2 aromatic rings. The summed E-state index contributed by atoms with van der Waals surface area (Å²) in [6.45, 7) is 3.16. The average Bonchev–Trinajstić information content (AvgIpc) is 2.37. The van der Waals surface area contributed by atoms with Crippen LogP contribution < -0.4 is 10.5 Å². The number of nitrogens with zero attached hydrogens (tertiary/aromatic N) is 1. The number of unbranched alkanes of at least 4 members (excludes halogenated alkanes) is 1. The molecule has 0 aliphatic rings. The van der Waals surface area contributed by atoms with E-state index >= 15 is 0 Å². The lowest BCUT2D eigenvalue weighted by Crippen LogP contribution is -2.04. The van der Waals surface area contributed by atoms with Gasteiger partial charge in [-0.25, -0.2) is 4.98 Å². The molecule has 102 valence electrons. The van der Waals surface area contributed by atoms with Crippen LogP contribution in [-0.2, 0) is 0 Å². The second-order valence-corrected chi connectivity index (χ2v) is 5.18. The number of ether oxygens (including phenoxy) is 1. The van der Waals surface area contributed by atoms with Crippen LogP contribution in [0.4, 0.5) is 0 Å². The Bertz CT molecular complexity index is 587. The minimum Gasteiger partial charge on any atom is -0.490 e. The molecule has 1 heterocycles. The van der Waals surface area contributed by atoms with E-state index in [1.807, 2.05) is 19.1 Å². The maximum atomic E-state index is 6.20. The van der Waals surface area contributed by atoms with Gasteiger partial charge in [0.15, 0.2) is 5.75 Å². The van der Waals surface area contributed by atoms with Gasteiger partial charge in [-0.1, -0.05) is 23.2 Å². The van der Waals surface area contributed by atoms with Gasteiger partial charge in [-0.05, 0) is 44.5 Å². The van der Waals surface area contributed by atoms with E-state index < -0.39 is 0 Å². The van der Waals surface area contributed by atoms with Crippen LogP contribution in [0.5, 0.6) is 5.75 Å². The summed E-state index contributed by atoms with van der Waals surface area (Å²) in [6.07, 6.45) is 1.82. The number of hydrogen-bond acceptors (Lipinski definition) is 3. The molecule has 0 fully saturated rings. The highest BCUT2D eigenvalue weighted by atomic mass is 35.5. The van der Waals surface area contributed by atoms with Crippen LogP contribution in [0.25, 0.3) is 10.9 Å². The third-order valence-electron chi connectivity index (χ3n) is 2.82. The molecule has 2 N–H and O–H groups in total. The van der Waals surface area contributed by atoms with Crippen molar-refractivity contribution in [3.63, 3.8) is 0 Å². The van der Waals surface area contributed by atoms with Crippen molar-refractivity contribution >= 4 is 34.1 Å². The van der Waals surface area contributed by atoms with Crippen molar-refractivity contribution in [3.8, 4) is 5.75 Å². The minimum absolute atomic E-state index is 0.489. The lowest BCUT2D eigenvalue weighted by molar-refractivity contribution is 0.311. The maximum Gasteiger partial charge on any atom is 0.164 e. The maximum absolute atomic E-state index is 6.20. The number of hydrogen-bond donors (Lipinski definition) is 1. The Morgan fingerprint density at radius 1 is 1.21 bits per heavy atom. The number of nitrogens with two attached hydrogens (primary N) is 1. The molecule has 0 spiro atoms. The predicted molar refractivity (Wildman–Crippen MR) is 80.3 cm³/mol. The third kappa shape index (κ3) is 3.30. The third-order valence-corrected chi connectivity index (χ3v) is 3.42. The van der Waals surface area contributed by atoms with Crippen molar-refractivity contribution < 1.29 is 4.74 Å². The van der Waals surface area contributed by atoms with Gasteiger partial charge in [-0.3, -0.25) is 0 Å². The topological polar surface area (TPSA) is 48.1 Å². The van der Waals surface area contributed by atoms with Gasteiger partial charge in [-0.15, -0.1) is 0 Å². The molecular formula is C14H16Cl2N2O. The fourth-order valence-corrected chi connectivity index (χ4v) is 2.42. The fraction of sp³-hybridized carbons (Fsp3) is 0.357. The molecule has 1 aromatic carbocycles. The summed E-state index contributed by atoms with van der Waals surface area (Å²) in [5.41, 5.74) is 7.07. The van der Waals surface area contributed by atoms with Crippen LogP contribution in [0.3, 0.4) is 0 Å². The summed E-state index contributed by atoms with van der Waals surface area (Å²) in [6, 6.07) is 5.55. The second-order valence-electron chi connectivity index (χ2n) is 4.36. The average molecular weight is 299 g/mol. The minimum atomic E-state index is 0.489. The summed E-state index contributed by atoms with van der Waals surface area (Å²) in [4.78, 5) is 4.48. The smallest absolute Gasteiger partial charge is 0.164 e. The quantitative estimate of drug-likeness (QED) is 0.850. The van der Waals surface area contributed by atoms with E-state index in [-0.39, 0.29) is 0 Å². The molecule has 0 aliphatic carbocycles. The Morgan fingerprint density at radius 2 is 2.00 bits per heavy atom. The van der Waals surface area contributed by atoms with Gasteiger partial charge in [-0.2, -0.15) is 0 Å². The zero-order chi connectivity index (χ0) is 13.8. The molecule has 0 aliphatic heterocycles. The fourth-order valence-electron chi connectivity index (χ4n) is 1.85. The second kappa shape index (κ2) is 6.42. The molecule has 0 radical (unpaired) electrons. The number of fused-ring (bicyclic) bond motifs is 1. The molecule has 0 saturated heterocycles. The number of aryl methyl sites for hydroxylation is 1. The standard InChI is InChI=1S/C14H16Cl2N2O/c1-9-4-5-10-11(15)8-12(16)14(13(10)18-9)19-7-3-2-6-17/h4-5,8H,2-3,6-7,17H2,1H3. The lowest BCUT2D eigenvalue weighted by Gasteiger charge is -2.12. The molecule has 2 rings (SSSR count). The first-order valence-corrected chi connectivity index (χ1v) is 6.97. The summed E-state index contributed by atoms with van der Waals surface area (Å²) in [5.74, 6) is 0.599. The Morgan fingerprint density at radius 3 is 2.74 bits per heavy atom. The number of aromatic nitrogens is 1. The predicted octanol–water partition coefficient (Wildman–Crippen LogP) is 3.97. The molecule has 0 saturated carbocycles. The van der Waals surface area contributed by atoms with E-state index in [0.717, 1.165) is 23.9 Å². The molecule has 5 heteroatoms. The van der Waals surface area contributed by atoms with Gasteiger partial charge in [0, 0.05) is 11.1 Å². The molecule has 19 heavy (non-hydrogen) atoms. The first-order valence-electron chi connectivity index (χ1n) is 6.21. The first-order chi connectivity index (χ1) is 9.13. The van der Waals surface area contributed by atoms with Crippen molar-refractivity contribution in [1.29, 1.82) is 0 Å². The largest absolute Gasteiger partial charge is 0.490 e. The number of rotatable bonds is 5. The van der Waals surface area contributed by atoms with Gasteiger partial charge in [0.1, 0.15) is 5.52 Å². The molecule has 1 aromatic heterocycles. The van der Waals surface area contributed by atoms with Crippen molar-refractivity contribution in [1.82, 2.24) is 4.98 Å². The van der Waals surface area contributed by atoms with Crippen molar-refractivity contribution in [2.24, 2.45) is 5.73 Å². The Kier molecular flexibility index (Phi) is 4.86. The Balaban J connectivity index is 2.38. The first kappa shape index (κ1) is 14.4. The highest BCUT2D eigenvalue weighted by Gasteiger charge is 2.12. The van der Waals surface area contributed by atoms with Crippen LogP contribution in [-0.4, -0.2) is 18.1 Å². The van der Waals surface area contributed by atoms with E-state index in [9.17, 15) is 0 Å². The van der Waals surface area contributed by atoms with Crippen LogP contribution in [0.1, 0.15) is 18.5 Å². The highest BCUT2D eigenvalue weighted by molar-refractivity contribution is 6.39. The normalized spacial score (nSPS) is 10.9. The van der Waals surface area contributed by atoms with Crippen molar-refractivity contribution in [2.75, 3.05) is 13.2 Å². The van der Waals surface area contributed by atoms with Crippen LogP contribution in [0, 0.1) is 6.92 Å². The van der Waals surface area contributed by atoms with Gasteiger partial charge < -0.3 is 10.5 Å². The molecule has 3 nitrogen and oxygen atoms in total. The lowest BCUT2D eigenvalue weighted by atomic mass is 10.2. The molecule has 0 bridgehead atoms. The zero-order valence-electron chi connectivity index (χ0n) is 10.7. The van der Waals surface area contributed by atoms with E-state index in [1.54, 1.807) is 6.07 Å². The van der Waals surface area contributed by atoms with Gasteiger partial charge in [0.05, 0.1) is 16.7 Å². The monoisotopic (exact) mass is 298 g/mol. The summed E-state index contributed by atoms with van der Waals surface area (Å²) < 4.78 is 5.75. The van der Waals surface area contributed by atoms with Gasteiger partial charge in [0.25, 0.3) is 0 Å². The summed E-state index contributed by atoms with van der Waals surface area (Å²) >= 11 is 12.4. The zero-order valence-corrected chi connectivity index (χ0v) is 12.3. The van der Waals surface area contributed by atoms with Crippen molar-refractivity contribution in [3.05, 3.63) is 33.9 Å².